The van der Waals surface area contributed by atoms with E-state index >= 15 is 0 Å². The number of benzene rings is 1. The van der Waals surface area contributed by atoms with E-state index in [1.807, 2.05) is 6.07 Å². The van der Waals surface area contributed by atoms with E-state index in [9.17, 15) is 0 Å². The molecular weight excluding hydrogens is 252 g/mol. The molecule has 1 rings (SSSR count). The molecule has 0 radical (unpaired) electrons. The van der Waals surface area contributed by atoms with Crippen LogP contribution in [0, 0.1) is 0 Å². The van der Waals surface area contributed by atoms with Gasteiger partial charge in [-0.05, 0) is 45.1 Å². The zero-order valence-corrected chi connectivity index (χ0v) is 13.6. The summed E-state index contributed by atoms with van der Waals surface area (Å²) in [6.07, 6.45) is 0. The molecule has 0 aliphatic heterocycles. The molecule has 1 unspecified atom stereocenters. The van der Waals surface area contributed by atoms with Gasteiger partial charge in [0.05, 0.1) is 14.2 Å². The predicted octanol–water partition coefficient (Wildman–Crippen LogP) is 2.69. The van der Waals surface area contributed by atoms with E-state index < -0.39 is 0 Å². The molecule has 1 atom stereocenters. The normalized spacial score (nSPS) is 12.8. The maximum Gasteiger partial charge on any atom is 0.161 e. The van der Waals surface area contributed by atoms with Crippen molar-refractivity contribution in [3.05, 3.63) is 23.8 Å². The summed E-state index contributed by atoms with van der Waals surface area (Å²) >= 11 is 0. The van der Waals surface area contributed by atoms with Crippen LogP contribution in [0.5, 0.6) is 11.5 Å². The second-order valence-electron chi connectivity index (χ2n) is 5.26. The molecule has 0 aromatic heterocycles. The van der Waals surface area contributed by atoms with Crippen LogP contribution >= 0.6 is 0 Å². The fourth-order valence-corrected chi connectivity index (χ4v) is 2.10. The van der Waals surface area contributed by atoms with Gasteiger partial charge in [-0.1, -0.05) is 13.0 Å². The molecule has 1 aromatic rings. The Morgan fingerprint density at radius 2 is 1.80 bits per heavy atom. The zero-order chi connectivity index (χ0) is 15.1. The predicted molar refractivity (Wildman–Crippen MR) is 83.7 cm³/mol. The van der Waals surface area contributed by atoms with Crippen molar-refractivity contribution < 1.29 is 9.47 Å². The molecule has 0 bridgehead atoms. The minimum atomic E-state index is 0.284. The van der Waals surface area contributed by atoms with E-state index in [0.29, 0.717) is 6.04 Å². The maximum atomic E-state index is 5.39. The Morgan fingerprint density at radius 3 is 2.30 bits per heavy atom. The highest BCUT2D eigenvalue weighted by Crippen LogP contribution is 2.30. The fourth-order valence-electron chi connectivity index (χ4n) is 2.10. The van der Waals surface area contributed by atoms with Gasteiger partial charge in [-0.15, -0.1) is 0 Å². The van der Waals surface area contributed by atoms with Crippen molar-refractivity contribution in [2.75, 3.05) is 34.4 Å². The van der Waals surface area contributed by atoms with E-state index in [0.717, 1.165) is 24.6 Å². The Labute approximate surface area is 123 Å². The van der Waals surface area contributed by atoms with E-state index in [2.05, 4.69) is 50.2 Å². The number of likely N-dealkylation sites (N-methyl/N-ethyl adjacent to an activating group) is 2. The zero-order valence-electron chi connectivity index (χ0n) is 13.6. The Bertz CT molecular complexity index is 407. The molecule has 20 heavy (non-hydrogen) atoms. The van der Waals surface area contributed by atoms with Gasteiger partial charge in [0.1, 0.15) is 0 Å². The molecule has 1 N–H and O–H groups in total. The first-order chi connectivity index (χ1) is 9.53. The van der Waals surface area contributed by atoms with Crippen molar-refractivity contribution in [2.24, 2.45) is 0 Å². The van der Waals surface area contributed by atoms with Crippen LogP contribution < -0.4 is 14.8 Å². The molecular formula is C16H28N2O2. The number of rotatable bonds is 8. The Morgan fingerprint density at radius 1 is 1.15 bits per heavy atom. The second-order valence-corrected chi connectivity index (χ2v) is 5.26. The van der Waals surface area contributed by atoms with E-state index in [1.54, 1.807) is 14.2 Å². The van der Waals surface area contributed by atoms with E-state index in [4.69, 9.17) is 9.47 Å². The molecule has 0 spiro atoms. The van der Waals surface area contributed by atoms with Gasteiger partial charge in [-0.2, -0.15) is 0 Å². The van der Waals surface area contributed by atoms with Gasteiger partial charge >= 0.3 is 0 Å². The van der Waals surface area contributed by atoms with Crippen LogP contribution in [0.2, 0.25) is 0 Å². The minimum absolute atomic E-state index is 0.284. The van der Waals surface area contributed by atoms with Crippen LogP contribution in [0.4, 0.5) is 0 Å². The summed E-state index contributed by atoms with van der Waals surface area (Å²) in [5, 5.41) is 3.54. The number of ether oxygens (including phenoxy) is 2. The summed E-state index contributed by atoms with van der Waals surface area (Å²) in [5.41, 5.74) is 1.22. The molecule has 4 heteroatoms. The monoisotopic (exact) mass is 280 g/mol. The summed E-state index contributed by atoms with van der Waals surface area (Å²) in [5.74, 6) is 1.55. The second kappa shape index (κ2) is 8.12. The molecule has 0 amide bonds. The first-order valence-electron chi connectivity index (χ1n) is 7.19. The third-order valence-electron chi connectivity index (χ3n) is 3.61. The molecule has 0 saturated heterocycles. The largest absolute Gasteiger partial charge is 0.493 e. The fraction of sp³-hybridized carbons (Fsp3) is 0.625. The maximum absolute atomic E-state index is 5.39. The molecule has 0 fully saturated rings. The van der Waals surface area contributed by atoms with Crippen molar-refractivity contribution in [3.8, 4) is 11.5 Å². The highest BCUT2D eigenvalue weighted by Gasteiger charge is 2.16. The number of nitrogens with zero attached hydrogens (tertiary/aromatic N) is 1. The van der Waals surface area contributed by atoms with Gasteiger partial charge in [-0.3, -0.25) is 0 Å². The smallest absolute Gasteiger partial charge is 0.161 e. The number of nitrogens with one attached hydrogen (secondary N) is 1. The number of methoxy groups -OCH3 is 2. The van der Waals surface area contributed by atoms with Crippen LogP contribution in [0.1, 0.15) is 32.4 Å². The van der Waals surface area contributed by atoms with Crippen molar-refractivity contribution >= 4 is 0 Å². The molecule has 4 nitrogen and oxygen atoms in total. The van der Waals surface area contributed by atoms with Crippen LogP contribution in [0.15, 0.2) is 18.2 Å². The van der Waals surface area contributed by atoms with Gasteiger partial charge in [0.25, 0.3) is 0 Å². The van der Waals surface area contributed by atoms with E-state index in [1.165, 1.54) is 5.56 Å². The third kappa shape index (κ3) is 4.39. The molecule has 0 saturated carbocycles. The van der Waals surface area contributed by atoms with Crippen LogP contribution in [-0.4, -0.2) is 45.3 Å². The highest BCUT2D eigenvalue weighted by molar-refractivity contribution is 5.43. The number of hydrogen-bond donors (Lipinski definition) is 1. The van der Waals surface area contributed by atoms with Crippen LogP contribution in [0.3, 0.4) is 0 Å². The average molecular weight is 280 g/mol. The van der Waals surface area contributed by atoms with Crippen molar-refractivity contribution in [1.82, 2.24) is 10.2 Å². The quantitative estimate of drug-likeness (QED) is 0.794. The van der Waals surface area contributed by atoms with Crippen LogP contribution in [-0.2, 0) is 0 Å². The lowest BCUT2D eigenvalue weighted by Crippen LogP contribution is -2.36. The van der Waals surface area contributed by atoms with E-state index in [-0.39, 0.29) is 6.04 Å². The lowest BCUT2D eigenvalue weighted by Gasteiger charge is -2.28. The van der Waals surface area contributed by atoms with Gasteiger partial charge in [-0.25, -0.2) is 0 Å². The SMILES string of the molecule is CCNC(CN(C)C(C)C)c1ccc(OC)c(OC)c1. The summed E-state index contributed by atoms with van der Waals surface area (Å²) in [4.78, 5) is 2.34. The molecule has 0 heterocycles. The van der Waals surface area contributed by atoms with Gasteiger partial charge < -0.3 is 19.7 Å². The topological polar surface area (TPSA) is 33.7 Å². The third-order valence-corrected chi connectivity index (χ3v) is 3.61. The Hall–Kier alpha value is -1.26. The molecule has 114 valence electrons. The molecule has 0 aliphatic carbocycles. The highest BCUT2D eigenvalue weighted by atomic mass is 16.5. The summed E-state index contributed by atoms with van der Waals surface area (Å²) in [6, 6.07) is 6.93. The Kier molecular flexibility index (Phi) is 6.82. The lowest BCUT2D eigenvalue weighted by atomic mass is 10.0. The van der Waals surface area contributed by atoms with Gasteiger partial charge in [0.15, 0.2) is 11.5 Å². The first kappa shape index (κ1) is 16.8. The molecule has 1 aromatic carbocycles. The van der Waals surface area contributed by atoms with Crippen molar-refractivity contribution in [3.63, 3.8) is 0 Å². The first-order valence-corrected chi connectivity index (χ1v) is 7.19. The summed E-state index contributed by atoms with van der Waals surface area (Å²) in [6.45, 7) is 8.43. The standard InChI is InChI=1S/C16H28N2O2/c1-7-17-14(11-18(4)12(2)3)13-8-9-15(19-5)16(10-13)20-6/h8-10,12,14,17H,7,11H2,1-6H3. The van der Waals surface area contributed by atoms with Gasteiger partial charge in [0, 0.05) is 18.6 Å². The number of hydrogen-bond acceptors (Lipinski definition) is 4. The Balaban J connectivity index is 2.96. The van der Waals surface area contributed by atoms with Crippen molar-refractivity contribution in [1.29, 1.82) is 0 Å². The minimum Gasteiger partial charge on any atom is -0.493 e. The average Bonchev–Trinajstić information content (AvgIpc) is 2.45. The lowest BCUT2D eigenvalue weighted by molar-refractivity contribution is 0.243. The van der Waals surface area contributed by atoms with Crippen LogP contribution in [0.25, 0.3) is 0 Å². The van der Waals surface area contributed by atoms with Gasteiger partial charge in [0.2, 0.25) is 0 Å². The van der Waals surface area contributed by atoms with Crippen molar-refractivity contribution in [2.45, 2.75) is 32.9 Å². The molecule has 0 aliphatic rings. The summed E-state index contributed by atoms with van der Waals surface area (Å²) in [7, 11) is 5.48. The summed E-state index contributed by atoms with van der Waals surface area (Å²) < 4.78 is 10.7.